The summed E-state index contributed by atoms with van der Waals surface area (Å²) in [5.74, 6) is 8.78. The lowest BCUT2D eigenvalue weighted by atomic mass is 9.68. The molecule has 13 nitrogen and oxygen atoms in total. The molecule has 2 fully saturated rings. The SMILES string of the molecule is CC(C1CCCN1C)N(N)c1nc(-c2noc3c2COCC32CCCc3sc(N)c(C#N)c32)nc(N2CCCC(C)(O)C2)c1N. The molecule has 14 heteroatoms. The van der Waals surface area contributed by atoms with Gasteiger partial charge in [-0.2, -0.15) is 5.26 Å². The number of rotatable bonds is 5. The number of nitrogens with zero attached hydrogens (tertiary/aromatic N) is 7. The van der Waals surface area contributed by atoms with Crippen molar-refractivity contribution in [2.24, 2.45) is 5.84 Å². The molecule has 4 atom stereocenters. The van der Waals surface area contributed by atoms with E-state index in [1.165, 1.54) is 11.3 Å². The molecule has 4 unspecified atom stereocenters. The lowest BCUT2D eigenvalue weighted by Gasteiger charge is -2.39. The fourth-order valence-corrected chi connectivity index (χ4v) is 9.20. The first-order valence-corrected chi connectivity index (χ1v) is 16.6. The Morgan fingerprint density at radius 3 is 2.76 bits per heavy atom. The summed E-state index contributed by atoms with van der Waals surface area (Å²) in [5, 5.41) is 27.8. The molecular formula is C31H42N10O3S. The Hall–Kier alpha value is -3.48. The van der Waals surface area contributed by atoms with Crippen molar-refractivity contribution in [2.45, 2.75) is 88.5 Å². The Morgan fingerprint density at radius 1 is 1.20 bits per heavy atom. The first-order valence-electron chi connectivity index (χ1n) is 15.8. The molecule has 1 aliphatic carbocycles. The topological polar surface area (TPSA) is 193 Å². The molecule has 3 aromatic heterocycles. The Labute approximate surface area is 266 Å². The molecule has 3 aliphatic heterocycles. The van der Waals surface area contributed by atoms with Crippen molar-refractivity contribution >= 4 is 33.7 Å². The van der Waals surface area contributed by atoms with Crippen LogP contribution in [0, 0.1) is 11.3 Å². The number of hydrogen-bond donors (Lipinski definition) is 4. The van der Waals surface area contributed by atoms with Gasteiger partial charge in [-0.15, -0.1) is 11.3 Å². The highest BCUT2D eigenvalue weighted by molar-refractivity contribution is 7.16. The molecule has 0 amide bonds. The number of likely N-dealkylation sites (N-methyl/N-ethyl adjacent to an activating group) is 1. The summed E-state index contributed by atoms with van der Waals surface area (Å²) in [6, 6.07) is 2.50. The number of thiophene rings is 1. The third-order valence-corrected chi connectivity index (χ3v) is 11.4. The number of aliphatic hydroxyl groups is 1. The monoisotopic (exact) mass is 634 g/mol. The van der Waals surface area contributed by atoms with Crippen LogP contribution >= 0.6 is 11.3 Å². The second kappa shape index (κ2) is 11.1. The minimum absolute atomic E-state index is 0.0770. The molecule has 3 aromatic rings. The molecule has 0 saturated carbocycles. The number of anilines is 4. The van der Waals surface area contributed by atoms with E-state index in [0.29, 0.717) is 71.3 Å². The van der Waals surface area contributed by atoms with Crippen LogP contribution in [0.2, 0.25) is 0 Å². The zero-order valence-electron chi connectivity index (χ0n) is 26.2. The van der Waals surface area contributed by atoms with Crippen molar-refractivity contribution < 1.29 is 14.4 Å². The molecule has 0 aromatic carbocycles. The minimum atomic E-state index is -0.884. The predicted octanol–water partition coefficient (Wildman–Crippen LogP) is 2.90. The molecule has 7 N–H and O–H groups in total. The van der Waals surface area contributed by atoms with Crippen molar-refractivity contribution in [3.05, 3.63) is 27.3 Å². The number of ether oxygens (including phenoxy) is 1. The Morgan fingerprint density at radius 2 is 2.02 bits per heavy atom. The van der Waals surface area contributed by atoms with Gasteiger partial charge in [-0.1, -0.05) is 5.16 Å². The number of nitrogens with two attached hydrogens (primary N) is 3. The summed E-state index contributed by atoms with van der Waals surface area (Å²) in [6.07, 6.45) is 6.14. The summed E-state index contributed by atoms with van der Waals surface area (Å²) < 4.78 is 12.5. The Balaban J connectivity index is 1.36. The van der Waals surface area contributed by atoms with Crippen LogP contribution in [-0.4, -0.2) is 76.1 Å². The summed E-state index contributed by atoms with van der Waals surface area (Å²) in [5.41, 5.74) is 14.6. The first-order chi connectivity index (χ1) is 21.5. The van der Waals surface area contributed by atoms with E-state index in [9.17, 15) is 10.4 Å². The number of piperidine rings is 1. The van der Waals surface area contributed by atoms with Gasteiger partial charge in [-0.25, -0.2) is 15.8 Å². The zero-order valence-corrected chi connectivity index (χ0v) is 27.0. The highest BCUT2D eigenvalue weighted by Crippen LogP contribution is 2.53. The standard InChI is InChI=1S/C31H42N10O3S/c1-17(20-7-5-11-39(20)3)41(35)29-23(33)28(40-12-6-9-30(2,42)15-40)36-27(37-29)24-19-14-43-16-31(25(19)44-38-24)10-4-8-21-22(31)18(13-32)26(34)45-21/h17,20,42H,4-12,14-16,33-35H2,1-3H3. The van der Waals surface area contributed by atoms with E-state index < -0.39 is 11.0 Å². The third-order valence-electron chi connectivity index (χ3n) is 10.3. The highest BCUT2D eigenvalue weighted by Gasteiger charge is 2.50. The lowest BCUT2D eigenvalue weighted by molar-refractivity contribution is 0.0447. The molecule has 1 spiro atoms. The van der Waals surface area contributed by atoms with Crippen LogP contribution in [0.25, 0.3) is 11.5 Å². The van der Waals surface area contributed by atoms with E-state index >= 15 is 0 Å². The normalized spacial score (nSPS) is 27.3. The second-order valence-electron chi connectivity index (χ2n) is 13.5. The quantitative estimate of drug-likeness (QED) is 0.237. The number of hydrazine groups is 1. The van der Waals surface area contributed by atoms with Gasteiger partial charge in [0.25, 0.3) is 0 Å². The predicted molar refractivity (Wildman–Crippen MR) is 173 cm³/mol. The van der Waals surface area contributed by atoms with Crippen LogP contribution in [0.4, 0.5) is 22.3 Å². The number of nitriles is 1. The molecule has 0 bridgehead atoms. The second-order valence-corrected chi connectivity index (χ2v) is 14.6. The number of aromatic nitrogens is 3. The molecule has 0 radical (unpaired) electrons. The lowest BCUT2D eigenvalue weighted by Crippen LogP contribution is -2.51. The van der Waals surface area contributed by atoms with Crippen molar-refractivity contribution in [2.75, 3.05) is 54.7 Å². The smallest absolute Gasteiger partial charge is 0.186 e. The molecule has 240 valence electrons. The fraction of sp³-hybridized carbons (Fsp3) is 0.613. The van der Waals surface area contributed by atoms with Gasteiger partial charge >= 0.3 is 0 Å². The Bertz CT molecular complexity index is 1660. The average Bonchev–Trinajstić information content (AvgIpc) is 3.73. The van der Waals surface area contributed by atoms with Crippen LogP contribution in [0.3, 0.4) is 0 Å². The van der Waals surface area contributed by atoms with Gasteiger partial charge in [-0.05, 0) is 72.4 Å². The maximum absolute atomic E-state index is 11.0. The van der Waals surface area contributed by atoms with Gasteiger partial charge in [0.05, 0.1) is 41.4 Å². The molecule has 4 aliphatic rings. The van der Waals surface area contributed by atoms with E-state index in [1.807, 2.05) is 11.8 Å². The van der Waals surface area contributed by atoms with E-state index in [2.05, 4.69) is 30.1 Å². The van der Waals surface area contributed by atoms with Crippen molar-refractivity contribution in [3.8, 4) is 17.6 Å². The van der Waals surface area contributed by atoms with Gasteiger partial charge in [0.2, 0.25) is 0 Å². The van der Waals surface area contributed by atoms with Crippen molar-refractivity contribution in [1.82, 2.24) is 20.0 Å². The minimum Gasteiger partial charge on any atom is -0.393 e. The third kappa shape index (κ3) is 4.83. The number of nitrogen functional groups attached to an aromatic ring is 2. The van der Waals surface area contributed by atoms with Gasteiger partial charge in [0.1, 0.15) is 16.8 Å². The maximum atomic E-state index is 11.0. The van der Waals surface area contributed by atoms with Crippen LogP contribution in [-0.2, 0) is 23.2 Å². The van der Waals surface area contributed by atoms with Crippen LogP contribution in [0.15, 0.2) is 4.52 Å². The maximum Gasteiger partial charge on any atom is 0.186 e. The number of fused-ring (bicyclic) bond motifs is 4. The number of β-amino-alcohol motifs (C(OH)–C–C–N with tert-alkyl or cyclic N) is 1. The zero-order chi connectivity index (χ0) is 31.7. The molecule has 2 saturated heterocycles. The van der Waals surface area contributed by atoms with Crippen molar-refractivity contribution in [1.29, 1.82) is 5.26 Å². The first kappa shape index (κ1) is 30.2. The summed E-state index contributed by atoms with van der Waals surface area (Å²) in [7, 11) is 2.12. The fourth-order valence-electron chi connectivity index (χ4n) is 8.04. The van der Waals surface area contributed by atoms with E-state index in [-0.39, 0.29) is 18.7 Å². The van der Waals surface area contributed by atoms with Gasteiger partial charge in [0, 0.05) is 29.6 Å². The van der Waals surface area contributed by atoms with Gasteiger partial charge in [-0.3, -0.25) is 5.01 Å². The van der Waals surface area contributed by atoms with Crippen molar-refractivity contribution in [3.63, 3.8) is 0 Å². The summed E-state index contributed by atoms with van der Waals surface area (Å²) >= 11 is 1.47. The molecule has 45 heavy (non-hydrogen) atoms. The summed E-state index contributed by atoms with van der Waals surface area (Å²) in [4.78, 5) is 15.4. The van der Waals surface area contributed by atoms with Gasteiger partial charge in [0.15, 0.2) is 28.9 Å². The number of likely N-dealkylation sites (tertiary alicyclic amines) is 1. The largest absolute Gasteiger partial charge is 0.393 e. The van der Waals surface area contributed by atoms with E-state index in [4.69, 9.17) is 36.5 Å². The molecule has 6 heterocycles. The van der Waals surface area contributed by atoms with E-state index in [1.54, 1.807) is 5.01 Å². The molecular weight excluding hydrogens is 592 g/mol. The van der Waals surface area contributed by atoms with Crippen LogP contribution in [0.5, 0.6) is 0 Å². The number of hydrogen-bond acceptors (Lipinski definition) is 14. The number of aryl methyl sites for hydroxylation is 1. The van der Waals surface area contributed by atoms with E-state index in [0.717, 1.165) is 61.1 Å². The van der Waals surface area contributed by atoms with Gasteiger partial charge < -0.3 is 35.6 Å². The molecule has 7 rings (SSSR count). The van der Waals surface area contributed by atoms with Crippen LogP contribution < -0.4 is 27.2 Å². The van der Waals surface area contributed by atoms with Crippen LogP contribution in [0.1, 0.15) is 79.7 Å². The average molecular weight is 635 g/mol. The summed E-state index contributed by atoms with van der Waals surface area (Å²) in [6.45, 7) is 6.64. The highest BCUT2D eigenvalue weighted by atomic mass is 32.1. The Kier molecular flexibility index (Phi) is 7.44.